The summed E-state index contributed by atoms with van der Waals surface area (Å²) in [4.78, 5) is 20.9. The van der Waals surface area contributed by atoms with Crippen LogP contribution >= 0.6 is 0 Å². The molecule has 0 saturated carbocycles. The summed E-state index contributed by atoms with van der Waals surface area (Å²) in [6.45, 7) is 4.66. The molecule has 0 radical (unpaired) electrons. The van der Waals surface area contributed by atoms with Crippen molar-refractivity contribution in [2.45, 2.75) is 20.3 Å². The van der Waals surface area contributed by atoms with Crippen LogP contribution in [0.5, 0.6) is 5.75 Å². The maximum atomic E-state index is 12.4. The molecule has 1 aromatic heterocycles. The Morgan fingerprint density at radius 2 is 1.71 bits per heavy atom. The van der Waals surface area contributed by atoms with Gasteiger partial charge in [0.2, 0.25) is 5.95 Å². The van der Waals surface area contributed by atoms with Crippen LogP contribution in [0.15, 0.2) is 54.9 Å². The molecule has 6 nitrogen and oxygen atoms in total. The summed E-state index contributed by atoms with van der Waals surface area (Å²) in [7, 11) is 1.66. The molecule has 2 aromatic carbocycles. The van der Waals surface area contributed by atoms with Crippen LogP contribution in [0.25, 0.3) is 0 Å². The zero-order valence-corrected chi connectivity index (χ0v) is 16.3. The summed E-state index contributed by atoms with van der Waals surface area (Å²) in [6.07, 6.45) is 3.83. The number of rotatable bonds is 7. The van der Waals surface area contributed by atoms with Crippen molar-refractivity contribution in [3.05, 3.63) is 77.1 Å². The highest BCUT2D eigenvalue weighted by atomic mass is 16.5. The topological polar surface area (TPSA) is 76.1 Å². The van der Waals surface area contributed by atoms with Crippen molar-refractivity contribution >= 4 is 17.5 Å². The third-order valence-electron chi connectivity index (χ3n) is 4.26. The Morgan fingerprint density at radius 1 is 1.04 bits per heavy atom. The minimum atomic E-state index is -0.231. The first-order valence-corrected chi connectivity index (χ1v) is 9.12. The first-order chi connectivity index (χ1) is 13.5. The molecule has 1 heterocycles. The monoisotopic (exact) mass is 376 g/mol. The van der Waals surface area contributed by atoms with Gasteiger partial charge in [0.15, 0.2) is 0 Å². The number of hydrogen-bond donors (Lipinski definition) is 2. The van der Waals surface area contributed by atoms with Crippen LogP contribution in [0.4, 0.5) is 11.6 Å². The number of hydrogen-bond acceptors (Lipinski definition) is 5. The van der Waals surface area contributed by atoms with Crippen molar-refractivity contribution in [3.63, 3.8) is 0 Å². The second-order valence-electron chi connectivity index (χ2n) is 6.61. The number of ether oxygens (including phenoxy) is 1. The number of amides is 1. The van der Waals surface area contributed by atoms with Gasteiger partial charge in [-0.3, -0.25) is 4.79 Å². The molecule has 0 atom stereocenters. The van der Waals surface area contributed by atoms with Gasteiger partial charge in [-0.2, -0.15) is 0 Å². The molecule has 3 rings (SSSR count). The Bertz CT molecular complexity index is 935. The predicted molar refractivity (Wildman–Crippen MR) is 111 cm³/mol. The second kappa shape index (κ2) is 8.99. The zero-order valence-electron chi connectivity index (χ0n) is 16.3. The number of benzene rings is 2. The van der Waals surface area contributed by atoms with E-state index in [1.807, 2.05) is 50.2 Å². The molecule has 28 heavy (non-hydrogen) atoms. The van der Waals surface area contributed by atoms with Gasteiger partial charge in [-0.15, -0.1) is 0 Å². The van der Waals surface area contributed by atoms with Gasteiger partial charge >= 0.3 is 0 Å². The molecule has 0 aliphatic rings. The molecule has 0 aliphatic carbocycles. The Balaban J connectivity index is 1.56. The fraction of sp³-hybridized carbons (Fsp3) is 0.227. The average Bonchev–Trinajstić information content (AvgIpc) is 2.68. The number of nitrogens with zero attached hydrogens (tertiary/aromatic N) is 2. The maximum absolute atomic E-state index is 12.4. The van der Waals surface area contributed by atoms with Crippen LogP contribution in [0.3, 0.4) is 0 Å². The van der Waals surface area contributed by atoms with Crippen molar-refractivity contribution < 1.29 is 9.53 Å². The largest absolute Gasteiger partial charge is 0.496 e. The Morgan fingerprint density at radius 3 is 2.39 bits per heavy atom. The molecular formula is C22H24N4O2. The van der Waals surface area contributed by atoms with Gasteiger partial charge in [0.1, 0.15) is 5.75 Å². The van der Waals surface area contributed by atoms with E-state index in [-0.39, 0.29) is 5.91 Å². The lowest BCUT2D eigenvalue weighted by atomic mass is 10.1. The molecular weight excluding hydrogens is 352 g/mol. The van der Waals surface area contributed by atoms with Gasteiger partial charge in [0.05, 0.1) is 12.7 Å². The summed E-state index contributed by atoms with van der Waals surface area (Å²) in [5.41, 5.74) is 4.49. The Labute approximate surface area is 165 Å². The standard InChI is InChI=1S/C22H24N4O2/c1-15-10-16(2)12-19(11-15)26-21(27)18-13-24-22(25-14-18)23-9-8-17-6-4-5-7-20(17)28-3/h4-7,10-14H,8-9H2,1-3H3,(H,26,27)(H,23,24,25). The van der Waals surface area contributed by atoms with Crippen LogP contribution in [-0.2, 0) is 6.42 Å². The highest BCUT2D eigenvalue weighted by Gasteiger charge is 2.09. The van der Waals surface area contributed by atoms with Crippen molar-refractivity contribution in [2.24, 2.45) is 0 Å². The lowest BCUT2D eigenvalue weighted by Gasteiger charge is -2.09. The van der Waals surface area contributed by atoms with Crippen molar-refractivity contribution in [2.75, 3.05) is 24.3 Å². The van der Waals surface area contributed by atoms with E-state index in [2.05, 4.69) is 26.7 Å². The third-order valence-corrected chi connectivity index (χ3v) is 4.26. The number of para-hydroxylation sites is 1. The highest BCUT2D eigenvalue weighted by molar-refractivity contribution is 6.04. The number of nitrogens with one attached hydrogen (secondary N) is 2. The first-order valence-electron chi connectivity index (χ1n) is 9.12. The summed E-state index contributed by atoms with van der Waals surface area (Å²) in [5.74, 6) is 1.12. The number of methoxy groups -OCH3 is 1. The van der Waals surface area contributed by atoms with E-state index in [1.54, 1.807) is 7.11 Å². The lowest BCUT2D eigenvalue weighted by Crippen LogP contribution is -2.14. The summed E-state index contributed by atoms with van der Waals surface area (Å²) in [5, 5.41) is 6.05. The first kappa shape index (κ1) is 19.4. The Kier molecular flexibility index (Phi) is 6.22. The van der Waals surface area contributed by atoms with Crippen LogP contribution in [0.2, 0.25) is 0 Å². The normalized spacial score (nSPS) is 10.4. The molecule has 1 amide bonds. The Hall–Kier alpha value is -3.41. The van der Waals surface area contributed by atoms with E-state index in [4.69, 9.17) is 4.74 Å². The smallest absolute Gasteiger partial charge is 0.258 e. The third kappa shape index (κ3) is 5.07. The molecule has 144 valence electrons. The molecule has 0 spiro atoms. The molecule has 0 unspecified atom stereocenters. The zero-order chi connectivity index (χ0) is 19.9. The highest BCUT2D eigenvalue weighted by Crippen LogP contribution is 2.18. The number of carbonyl (C=O) groups excluding carboxylic acids is 1. The average molecular weight is 376 g/mol. The minimum absolute atomic E-state index is 0.231. The van der Waals surface area contributed by atoms with Crippen molar-refractivity contribution in [1.82, 2.24) is 9.97 Å². The van der Waals surface area contributed by atoms with E-state index in [1.165, 1.54) is 12.4 Å². The van der Waals surface area contributed by atoms with Gasteiger partial charge in [0, 0.05) is 24.6 Å². The van der Waals surface area contributed by atoms with Crippen molar-refractivity contribution in [3.8, 4) is 5.75 Å². The number of aryl methyl sites for hydroxylation is 2. The van der Waals surface area contributed by atoms with Gasteiger partial charge < -0.3 is 15.4 Å². The van der Waals surface area contributed by atoms with Crippen LogP contribution in [-0.4, -0.2) is 29.5 Å². The van der Waals surface area contributed by atoms with E-state index in [9.17, 15) is 4.79 Å². The molecule has 0 bridgehead atoms. The van der Waals surface area contributed by atoms with Gasteiger partial charge in [0.25, 0.3) is 5.91 Å². The van der Waals surface area contributed by atoms with E-state index in [0.29, 0.717) is 18.1 Å². The minimum Gasteiger partial charge on any atom is -0.496 e. The SMILES string of the molecule is COc1ccccc1CCNc1ncc(C(=O)Nc2cc(C)cc(C)c2)cn1. The summed E-state index contributed by atoms with van der Waals surface area (Å²) in [6, 6.07) is 13.8. The fourth-order valence-corrected chi connectivity index (χ4v) is 3.01. The molecule has 0 fully saturated rings. The van der Waals surface area contributed by atoms with Gasteiger partial charge in [-0.25, -0.2) is 9.97 Å². The molecule has 0 aliphatic heterocycles. The number of aromatic nitrogens is 2. The second-order valence-corrected chi connectivity index (χ2v) is 6.61. The lowest BCUT2D eigenvalue weighted by molar-refractivity contribution is 0.102. The maximum Gasteiger partial charge on any atom is 0.258 e. The van der Waals surface area contributed by atoms with Crippen LogP contribution in [0, 0.1) is 13.8 Å². The summed E-state index contributed by atoms with van der Waals surface area (Å²) < 4.78 is 5.35. The van der Waals surface area contributed by atoms with Crippen molar-refractivity contribution in [1.29, 1.82) is 0 Å². The molecule has 2 N–H and O–H groups in total. The summed E-state index contributed by atoms with van der Waals surface area (Å²) >= 11 is 0. The number of anilines is 2. The van der Waals surface area contributed by atoms with Gasteiger partial charge in [-0.05, 0) is 55.2 Å². The number of carbonyl (C=O) groups is 1. The van der Waals surface area contributed by atoms with Crippen LogP contribution < -0.4 is 15.4 Å². The van der Waals surface area contributed by atoms with E-state index >= 15 is 0 Å². The molecule has 3 aromatic rings. The molecule has 6 heteroatoms. The van der Waals surface area contributed by atoms with Gasteiger partial charge in [-0.1, -0.05) is 24.3 Å². The van der Waals surface area contributed by atoms with E-state index < -0.39 is 0 Å². The predicted octanol–water partition coefficient (Wildman–Crippen LogP) is 4.01. The quantitative estimate of drug-likeness (QED) is 0.652. The molecule has 0 saturated heterocycles. The van der Waals surface area contributed by atoms with E-state index in [0.717, 1.165) is 34.5 Å². The van der Waals surface area contributed by atoms with Crippen LogP contribution in [0.1, 0.15) is 27.0 Å². The fourth-order valence-electron chi connectivity index (χ4n) is 3.01.